The van der Waals surface area contributed by atoms with Gasteiger partial charge in [0.1, 0.15) is 0 Å². The van der Waals surface area contributed by atoms with E-state index in [-0.39, 0.29) is 5.75 Å². The van der Waals surface area contributed by atoms with E-state index in [0.29, 0.717) is 25.6 Å². The Morgan fingerprint density at radius 1 is 1.31 bits per heavy atom. The summed E-state index contributed by atoms with van der Waals surface area (Å²) < 4.78 is 25.6. The zero-order valence-corrected chi connectivity index (χ0v) is 11.4. The molecule has 98 valence electrons. The molecule has 16 heavy (non-hydrogen) atoms. The maximum absolute atomic E-state index is 11.5. The van der Waals surface area contributed by atoms with E-state index < -0.39 is 10.0 Å². The fourth-order valence-corrected chi connectivity index (χ4v) is 2.28. The Hall–Kier alpha value is -0.170. The predicted molar refractivity (Wildman–Crippen MR) is 67.8 cm³/mol. The van der Waals surface area contributed by atoms with Crippen LogP contribution in [0.25, 0.3) is 0 Å². The van der Waals surface area contributed by atoms with Crippen molar-refractivity contribution >= 4 is 10.0 Å². The van der Waals surface area contributed by atoms with Crippen LogP contribution in [0.1, 0.15) is 26.7 Å². The highest BCUT2D eigenvalue weighted by atomic mass is 32.2. The summed E-state index contributed by atoms with van der Waals surface area (Å²) in [5.41, 5.74) is 5.31. The first-order chi connectivity index (χ1) is 7.39. The minimum absolute atomic E-state index is 0.176. The van der Waals surface area contributed by atoms with Crippen LogP contribution in [0.4, 0.5) is 0 Å². The molecule has 0 amide bonds. The Morgan fingerprint density at radius 2 is 1.94 bits per heavy atom. The first-order valence-electron chi connectivity index (χ1n) is 5.76. The smallest absolute Gasteiger partial charge is 0.211 e. The zero-order valence-electron chi connectivity index (χ0n) is 10.6. The molecule has 0 bridgehead atoms. The summed E-state index contributed by atoms with van der Waals surface area (Å²) in [4.78, 5) is 2.10. The predicted octanol–water partition coefficient (Wildman–Crippen LogP) is -0.0151. The number of hydrogen-bond donors (Lipinski definition) is 2. The van der Waals surface area contributed by atoms with Crippen LogP contribution in [0.2, 0.25) is 0 Å². The molecule has 0 rings (SSSR count). The first kappa shape index (κ1) is 15.8. The summed E-state index contributed by atoms with van der Waals surface area (Å²) in [6, 6.07) is 0.432. The molecule has 0 aliphatic rings. The van der Waals surface area contributed by atoms with Crippen LogP contribution < -0.4 is 10.5 Å². The molecule has 0 spiro atoms. The number of hydrogen-bond acceptors (Lipinski definition) is 4. The zero-order chi connectivity index (χ0) is 12.6. The highest BCUT2D eigenvalue weighted by Gasteiger charge is 2.10. The maximum atomic E-state index is 11.5. The molecule has 3 N–H and O–H groups in total. The summed E-state index contributed by atoms with van der Waals surface area (Å²) in [6.07, 6.45) is 1.39. The fraction of sp³-hybridized carbons (Fsp3) is 1.00. The molecule has 0 aliphatic heterocycles. The highest BCUT2D eigenvalue weighted by molar-refractivity contribution is 7.89. The lowest BCUT2D eigenvalue weighted by molar-refractivity contribution is 0.278. The molecule has 0 atom stereocenters. The average Bonchev–Trinajstić information content (AvgIpc) is 2.17. The van der Waals surface area contributed by atoms with Crippen LogP contribution >= 0.6 is 0 Å². The number of nitrogens with two attached hydrogens (primary N) is 1. The minimum Gasteiger partial charge on any atom is -0.330 e. The number of sulfonamides is 1. The third-order valence-electron chi connectivity index (χ3n) is 2.54. The lowest BCUT2D eigenvalue weighted by Crippen LogP contribution is -2.37. The number of nitrogens with zero attached hydrogens (tertiary/aromatic N) is 1. The van der Waals surface area contributed by atoms with Gasteiger partial charge in [0, 0.05) is 19.1 Å². The van der Waals surface area contributed by atoms with Crippen molar-refractivity contribution in [3.8, 4) is 0 Å². The van der Waals surface area contributed by atoms with Crippen LogP contribution in [0.5, 0.6) is 0 Å². The van der Waals surface area contributed by atoms with Crippen LogP contribution in [-0.2, 0) is 10.0 Å². The average molecular weight is 251 g/mol. The topological polar surface area (TPSA) is 75.4 Å². The number of rotatable bonds is 9. The van der Waals surface area contributed by atoms with Gasteiger partial charge in [0.05, 0.1) is 5.75 Å². The minimum atomic E-state index is -3.11. The molecule has 0 aliphatic carbocycles. The third-order valence-corrected chi connectivity index (χ3v) is 4.01. The first-order valence-corrected chi connectivity index (χ1v) is 7.42. The summed E-state index contributed by atoms with van der Waals surface area (Å²) in [5, 5.41) is 0. The van der Waals surface area contributed by atoms with Crippen molar-refractivity contribution in [1.82, 2.24) is 9.62 Å². The molecule has 0 aromatic carbocycles. The molecule has 5 nitrogen and oxygen atoms in total. The van der Waals surface area contributed by atoms with Gasteiger partial charge in [0.25, 0.3) is 0 Å². The van der Waals surface area contributed by atoms with E-state index in [1.807, 2.05) is 7.05 Å². The van der Waals surface area contributed by atoms with Crippen LogP contribution in [-0.4, -0.2) is 51.8 Å². The van der Waals surface area contributed by atoms with Gasteiger partial charge in [-0.15, -0.1) is 0 Å². The summed E-state index contributed by atoms with van der Waals surface area (Å²) in [5.74, 6) is 0.176. The van der Waals surface area contributed by atoms with E-state index in [1.54, 1.807) is 0 Å². The maximum Gasteiger partial charge on any atom is 0.211 e. The van der Waals surface area contributed by atoms with Crippen molar-refractivity contribution < 1.29 is 8.42 Å². The fourth-order valence-electron chi connectivity index (χ4n) is 1.14. The lowest BCUT2D eigenvalue weighted by atomic mass is 10.3. The van der Waals surface area contributed by atoms with Crippen molar-refractivity contribution in [2.45, 2.75) is 32.7 Å². The molecule has 0 radical (unpaired) electrons. The van der Waals surface area contributed by atoms with Crippen molar-refractivity contribution in [3.05, 3.63) is 0 Å². The summed E-state index contributed by atoms with van der Waals surface area (Å²) in [6.45, 7) is 5.91. The van der Waals surface area contributed by atoms with Crippen molar-refractivity contribution in [1.29, 1.82) is 0 Å². The van der Waals surface area contributed by atoms with E-state index in [2.05, 4.69) is 23.5 Å². The van der Waals surface area contributed by atoms with Crippen LogP contribution in [0, 0.1) is 0 Å². The van der Waals surface area contributed by atoms with Crippen molar-refractivity contribution in [2.75, 3.05) is 32.4 Å². The van der Waals surface area contributed by atoms with Gasteiger partial charge in [-0.1, -0.05) is 0 Å². The van der Waals surface area contributed by atoms with E-state index in [0.717, 1.165) is 13.0 Å². The second-order valence-electron chi connectivity index (χ2n) is 4.28. The molecule has 0 fully saturated rings. The largest absolute Gasteiger partial charge is 0.330 e. The second kappa shape index (κ2) is 8.00. The van der Waals surface area contributed by atoms with E-state index in [1.165, 1.54) is 0 Å². The van der Waals surface area contributed by atoms with Gasteiger partial charge in [-0.25, -0.2) is 13.1 Å². The Kier molecular flexibility index (Phi) is 7.91. The Labute approximate surface area is 99.4 Å². The van der Waals surface area contributed by atoms with Gasteiger partial charge >= 0.3 is 0 Å². The molecule has 0 saturated heterocycles. The van der Waals surface area contributed by atoms with Gasteiger partial charge < -0.3 is 10.6 Å². The molecule has 0 heterocycles. The SMILES string of the molecule is CC(C)N(C)CCNS(=O)(=O)CCCCN. The molecule has 0 unspecified atom stereocenters. The van der Waals surface area contributed by atoms with Gasteiger partial charge in [-0.3, -0.25) is 0 Å². The summed E-state index contributed by atoms with van der Waals surface area (Å²) >= 11 is 0. The Morgan fingerprint density at radius 3 is 2.44 bits per heavy atom. The van der Waals surface area contributed by atoms with E-state index in [9.17, 15) is 8.42 Å². The number of likely N-dealkylation sites (N-methyl/N-ethyl adjacent to an activating group) is 1. The van der Waals surface area contributed by atoms with Crippen LogP contribution in [0.3, 0.4) is 0 Å². The number of unbranched alkanes of at least 4 members (excludes halogenated alkanes) is 1. The Bertz CT molecular complexity index is 265. The van der Waals surface area contributed by atoms with Crippen molar-refractivity contribution in [2.24, 2.45) is 5.73 Å². The van der Waals surface area contributed by atoms with Crippen molar-refractivity contribution in [3.63, 3.8) is 0 Å². The summed E-state index contributed by atoms with van der Waals surface area (Å²) in [7, 11) is -1.13. The molecular weight excluding hydrogens is 226 g/mol. The number of nitrogens with one attached hydrogen (secondary N) is 1. The second-order valence-corrected chi connectivity index (χ2v) is 6.21. The standard InChI is InChI=1S/C10H25N3O2S/c1-10(2)13(3)8-7-12-16(14,15)9-5-4-6-11/h10,12H,4-9,11H2,1-3H3. The van der Waals surface area contributed by atoms with Gasteiger partial charge in [0.2, 0.25) is 10.0 Å². The highest BCUT2D eigenvalue weighted by Crippen LogP contribution is 1.94. The normalized spacial score (nSPS) is 12.6. The monoisotopic (exact) mass is 251 g/mol. The van der Waals surface area contributed by atoms with Gasteiger partial charge in [-0.05, 0) is 40.3 Å². The van der Waals surface area contributed by atoms with E-state index in [4.69, 9.17) is 5.73 Å². The molecule has 6 heteroatoms. The molecule has 0 aromatic heterocycles. The van der Waals surface area contributed by atoms with Crippen LogP contribution in [0.15, 0.2) is 0 Å². The van der Waals surface area contributed by atoms with Gasteiger partial charge in [-0.2, -0.15) is 0 Å². The quantitative estimate of drug-likeness (QED) is 0.565. The molecule has 0 aromatic rings. The molecular formula is C10H25N3O2S. The Balaban J connectivity index is 3.74. The molecule has 0 saturated carbocycles. The lowest BCUT2D eigenvalue weighted by Gasteiger charge is -2.20. The van der Waals surface area contributed by atoms with Gasteiger partial charge in [0.15, 0.2) is 0 Å². The third kappa shape index (κ3) is 8.04. The van der Waals surface area contributed by atoms with E-state index >= 15 is 0 Å².